The van der Waals surface area contributed by atoms with Crippen LogP contribution in [-0.4, -0.2) is 49.8 Å². The number of ether oxygens (including phenoxy) is 1. The van der Waals surface area contributed by atoms with Gasteiger partial charge in [0.2, 0.25) is 0 Å². The molecule has 108 valence electrons. The van der Waals surface area contributed by atoms with Gasteiger partial charge in [-0.25, -0.2) is 0 Å². The van der Waals surface area contributed by atoms with Crippen LogP contribution in [0.15, 0.2) is 0 Å². The van der Waals surface area contributed by atoms with Gasteiger partial charge < -0.3 is 10.1 Å². The molecule has 0 aliphatic carbocycles. The molecule has 1 aliphatic rings. The van der Waals surface area contributed by atoms with Gasteiger partial charge in [-0.3, -0.25) is 4.90 Å². The van der Waals surface area contributed by atoms with Gasteiger partial charge in [-0.1, -0.05) is 13.8 Å². The molecule has 1 heterocycles. The van der Waals surface area contributed by atoms with E-state index in [-0.39, 0.29) is 5.60 Å². The lowest BCUT2D eigenvalue weighted by Crippen LogP contribution is -2.50. The number of methoxy groups -OCH3 is 1. The number of rotatable bonds is 7. The number of hydrogen-bond acceptors (Lipinski definition) is 3. The van der Waals surface area contributed by atoms with Crippen LogP contribution in [0.4, 0.5) is 0 Å². The molecule has 0 aromatic heterocycles. The number of nitrogens with one attached hydrogen (secondary N) is 1. The molecule has 1 aliphatic heterocycles. The first-order valence-electron chi connectivity index (χ1n) is 7.47. The van der Waals surface area contributed by atoms with E-state index in [0.717, 1.165) is 25.6 Å². The first kappa shape index (κ1) is 15.9. The monoisotopic (exact) mass is 256 g/mol. The fourth-order valence-corrected chi connectivity index (χ4v) is 2.67. The fourth-order valence-electron chi connectivity index (χ4n) is 2.67. The van der Waals surface area contributed by atoms with Crippen molar-refractivity contribution >= 4 is 0 Å². The maximum atomic E-state index is 5.66. The predicted octanol–water partition coefficient (Wildman–Crippen LogP) is 2.51. The smallest absolute Gasteiger partial charge is 0.0777 e. The van der Waals surface area contributed by atoms with Crippen molar-refractivity contribution in [2.75, 3.05) is 33.3 Å². The van der Waals surface area contributed by atoms with Crippen LogP contribution < -0.4 is 5.32 Å². The maximum absolute atomic E-state index is 5.66. The topological polar surface area (TPSA) is 24.5 Å². The van der Waals surface area contributed by atoms with Crippen LogP contribution in [0, 0.1) is 5.92 Å². The molecule has 1 N–H and O–H groups in total. The van der Waals surface area contributed by atoms with Gasteiger partial charge in [0.15, 0.2) is 0 Å². The van der Waals surface area contributed by atoms with Gasteiger partial charge in [-0.2, -0.15) is 0 Å². The first-order chi connectivity index (χ1) is 8.47. The van der Waals surface area contributed by atoms with E-state index in [1.807, 2.05) is 7.11 Å². The van der Waals surface area contributed by atoms with Crippen molar-refractivity contribution in [3.63, 3.8) is 0 Å². The third kappa shape index (κ3) is 5.25. The second-order valence-corrected chi connectivity index (χ2v) is 6.46. The highest BCUT2D eigenvalue weighted by Crippen LogP contribution is 2.25. The van der Waals surface area contributed by atoms with Gasteiger partial charge in [0, 0.05) is 19.7 Å². The highest BCUT2D eigenvalue weighted by molar-refractivity contribution is 4.86. The zero-order valence-electron chi connectivity index (χ0n) is 13.0. The summed E-state index contributed by atoms with van der Waals surface area (Å²) in [4.78, 5) is 2.59. The molecular formula is C15H32N2O. The fraction of sp³-hybridized carbons (Fsp3) is 1.00. The van der Waals surface area contributed by atoms with Crippen molar-refractivity contribution in [1.29, 1.82) is 0 Å². The van der Waals surface area contributed by atoms with E-state index in [0.29, 0.717) is 6.04 Å². The molecule has 1 fully saturated rings. The second-order valence-electron chi connectivity index (χ2n) is 6.46. The Balaban J connectivity index is 2.26. The van der Waals surface area contributed by atoms with Crippen LogP contribution >= 0.6 is 0 Å². The van der Waals surface area contributed by atoms with Crippen molar-refractivity contribution in [2.24, 2.45) is 5.92 Å². The number of hydrogen-bond donors (Lipinski definition) is 1. The summed E-state index contributed by atoms with van der Waals surface area (Å²) in [6.07, 6.45) is 3.68. The quantitative estimate of drug-likeness (QED) is 0.708. The van der Waals surface area contributed by atoms with Crippen LogP contribution in [0.2, 0.25) is 0 Å². The molecule has 0 saturated carbocycles. The Morgan fingerprint density at radius 3 is 2.67 bits per heavy atom. The third-order valence-corrected chi connectivity index (χ3v) is 4.10. The largest absolute Gasteiger partial charge is 0.377 e. The number of likely N-dealkylation sites (tertiary alicyclic amines) is 1. The van der Waals surface area contributed by atoms with Crippen molar-refractivity contribution in [3.05, 3.63) is 0 Å². The van der Waals surface area contributed by atoms with E-state index in [2.05, 4.69) is 37.9 Å². The van der Waals surface area contributed by atoms with E-state index >= 15 is 0 Å². The molecule has 3 nitrogen and oxygen atoms in total. The Morgan fingerprint density at radius 2 is 2.06 bits per heavy atom. The van der Waals surface area contributed by atoms with Crippen LogP contribution in [0.1, 0.15) is 47.0 Å². The molecule has 0 aromatic rings. The lowest BCUT2D eigenvalue weighted by molar-refractivity contribution is -0.0601. The third-order valence-electron chi connectivity index (χ3n) is 4.10. The van der Waals surface area contributed by atoms with Gasteiger partial charge in [0.05, 0.1) is 5.60 Å². The summed E-state index contributed by atoms with van der Waals surface area (Å²) in [5.74, 6) is 0.743. The zero-order valence-corrected chi connectivity index (χ0v) is 13.0. The van der Waals surface area contributed by atoms with Gasteiger partial charge in [0.25, 0.3) is 0 Å². The highest BCUT2D eigenvalue weighted by atomic mass is 16.5. The molecule has 18 heavy (non-hydrogen) atoms. The van der Waals surface area contributed by atoms with E-state index in [1.165, 1.54) is 25.8 Å². The average molecular weight is 256 g/mol. The van der Waals surface area contributed by atoms with Gasteiger partial charge >= 0.3 is 0 Å². The van der Waals surface area contributed by atoms with E-state index < -0.39 is 0 Å². The van der Waals surface area contributed by atoms with Crippen LogP contribution in [0.3, 0.4) is 0 Å². The summed E-state index contributed by atoms with van der Waals surface area (Å²) in [5, 5.41) is 3.53. The second kappa shape index (κ2) is 7.46. The number of piperidine rings is 1. The highest BCUT2D eigenvalue weighted by Gasteiger charge is 2.32. The van der Waals surface area contributed by atoms with Crippen LogP contribution in [0.5, 0.6) is 0 Å². The Bertz CT molecular complexity index is 233. The molecule has 0 spiro atoms. The molecule has 0 aromatic carbocycles. The standard InChI is InChI=1S/C15H32N2O/c1-13(2)11-16-9-7-14(3)17-10-6-8-15(4,12-17)18-5/h13-14,16H,6-12H2,1-5H3. The summed E-state index contributed by atoms with van der Waals surface area (Å²) in [6, 6.07) is 0.652. The minimum Gasteiger partial charge on any atom is -0.377 e. The van der Waals surface area contributed by atoms with Crippen LogP contribution in [-0.2, 0) is 4.74 Å². The molecule has 3 heteroatoms. The van der Waals surface area contributed by atoms with E-state index in [1.54, 1.807) is 0 Å². The van der Waals surface area contributed by atoms with Gasteiger partial charge in [-0.05, 0) is 58.7 Å². The SMILES string of the molecule is COC1(C)CCCN(C(C)CCNCC(C)C)C1. The van der Waals surface area contributed by atoms with E-state index in [4.69, 9.17) is 4.74 Å². The van der Waals surface area contributed by atoms with Crippen molar-refractivity contribution in [2.45, 2.75) is 58.6 Å². The summed E-state index contributed by atoms with van der Waals surface area (Å²) in [6.45, 7) is 13.7. The predicted molar refractivity (Wildman–Crippen MR) is 78.0 cm³/mol. The number of nitrogens with zero attached hydrogens (tertiary/aromatic N) is 1. The lowest BCUT2D eigenvalue weighted by Gasteiger charge is -2.42. The average Bonchev–Trinajstić information content (AvgIpc) is 2.34. The molecular weight excluding hydrogens is 224 g/mol. The summed E-state index contributed by atoms with van der Waals surface area (Å²) in [5.41, 5.74) is 0.0673. The molecule has 1 rings (SSSR count). The Labute approximate surface area is 113 Å². The van der Waals surface area contributed by atoms with Gasteiger partial charge in [-0.15, -0.1) is 0 Å². The normalized spacial score (nSPS) is 27.7. The lowest BCUT2D eigenvalue weighted by atomic mass is 9.93. The minimum atomic E-state index is 0.0673. The van der Waals surface area contributed by atoms with Crippen molar-refractivity contribution < 1.29 is 4.74 Å². The zero-order chi connectivity index (χ0) is 13.6. The molecule has 1 saturated heterocycles. The molecule has 0 radical (unpaired) electrons. The maximum Gasteiger partial charge on any atom is 0.0777 e. The summed E-state index contributed by atoms with van der Waals surface area (Å²) >= 11 is 0. The van der Waals surface area contributed by atoms with Crippen LogP contribution in [0.25, 0.3) is 0 Å². The van der Waals surface area contributed by atoms with Gasteiger partial charge in [0.1, 0.15) is 0 Å². The molecule has 0 bridgehead atoms. The Kier molecular flexibility index (Phi) is 6.61. The summed E-state index contributed by atoms with van der Waals surface area (Å²) < 4.78 is 5.66. The molecule has 2 unspecified atom stereocenters. The molecule has 2 atom stereocenters. The Morgan fingerprint density at radius 1 is 1.33 bits per heavy atom. The minimum absolute atomic E-state index is 0.0673. The Hall–Kier alpha value is -0.120. The van der Waals surface area contributed by atoms with Crippen molar-refractivity contribution in [3.8, 4) is 0 Å². The van der Waals surface area contributed by atoms with E-state index in [9.17, 15) is 0 Å². The molecule has 0 amide bonds. The first-order valence-corrected chi connectivity index (χ1v) is 7.47. The summed E-state index contributed by atoms with van der Waals surface area (Å²) in [7, 11) is 1.85. The van der Waals surface area contributed by atoms with Crippen molar-refractivity contribution in [1.82, 2.24) is 10.2 Å².